The summed E-state index contributed by atoms with van der Waals surface area (Å²) in [6.07, 6.45) is 19.2. The first kappa shape index (κ1) is 37.2. The summed E-state index contributed by atoms with van der Waals surface area (Å²) in [6, 6.07) is 0. The molecule has 2 unspecified atom stereocenters. The van der Waals surface area contributed by atoms with Crippen LogP contribution in [0.2, 0.25) is 0 Å². The summed E-state index contributed by atoms with van der Waals surface area (Å²) in [5.74, 6) is 0. The number of rotatable bonds is 27. The van der Waals surface area contributed by atoms with Gasteiger partial charge in [-0.25, -0.2) is 0 Å². The Morgan fingerprint density at radius 1 is 0.543 bits per heavy atom. The van der Waals surface area contributed by atoms with Crippen LogP contribution >= 0.6 is 0 Å². The summed E-state index contributed by atoms with van der Waals surface area (Å²) >= 11 is 0. The molecule has 0 aliphatic carbocycles. The molecule has 0 aliphatic heterocycles. The average molecular weight is 526 g/mol. The maximum Gasteiger partial charge on any atom is 0.216 e. The minimum atomic E-state index is -0.876. The summed E-state index contributed by atoms with van der Waals surface area (Å²) < 4.78 is 10.9. The number of ether oxygens (including phenoxy) is 2. The molecule has 35 heavy (non-hydrogen) atoms. The van der Waals surface area contributed by atoms with Crippen LogP contribution in [0.3, 0.4) is 0 Å². The molecular weight excluding hydrogens is 466 g/mol. The van der Waals surface area contributed by atoms with Gasteiger partial charge in [-0.05, 0) is 26.7 Å². The molecule has 0 radical (unpaired) electrons. The van der Waals surface area contributed by atoms with Gasteiger partial charge in [0.2, 0.25) is 12.5 Å². The summed E-state index contributed by atoms with van der Waals surface area (Å²) in [5, 5.41) is 31.3. The fraction of sp³-hybridized carbons (Fsp3) is 1.00. The van der Waals surface area contributed by atoms with Crippen LogP contribution in [0.1, 0.15) is 124 Å². The molecule has 0 saturated heterocycles. The predicted molar refractivity (Wildman–Crippen MR) is 142 cm³/mol. The minimum absolute atomic E-state index is 0. The van der Waals surface area contributed by atoms with E-state index in [2.05, 4.69) is 6.92 Å². The van der Waals surface area contributed by atoms with Crippen molar-refractivity contribution in [1.29, 1.82) is 0 Å². The van der Waals surface area contributed by atoms with E-state index in [9.17, 15) is 15.3 Å². The molecule has 0 aromatic heterocycles. The third-order valence-electron chi connectivity index (χ3n) is 7.07. The Morgan fingerprint density at radius 3 is 1.20 bits per heavy atom. The lowest BCUT2D eigenvalue weighted by Gasteiger charge is -2.45. The topological polar surface area (TPSA) is 79.2 Å². The summed E-state index contributed by atoms with van der Waals surface area (Å²) in [4.78, 5) is 0. The predicted octanol–water partition coefficient (Wildman–Crippen LogP) is 2.77. The Bertz CT molecular complexity index is 403. The second kappa shape index (κ2) is 27.1. The highest BCUT2D eigenvalue weighted by Crippen LogP contribution is 2.21. The smallest absolute Gasteiger partial charge is 0.216 e. The van der Waals surface area contributed by atoms with Crippen LogP contribution in [0.5, 0.6) is 0 Å². The number of halogens is 1. The van der Waals surface area contributed by atoms with Gasteiger partial charge in [0.1, 0.15) is 19.8 Å². The Kier molecular flexibility index (Phi) is 28.8. The van der Waals surface area contributed by atoms with E-state index in [0.29, 0.717) is 26.3 Å². The van der Waals surface area contributed by atoms with Crippen molar-refractivity contribution in [2.75, 3.05) is 46.1 Å². The highest BCUT2D eigenvalue weighted by atomic mass is 35.5. The van der Waals surface area contributed by atoms with E-state index in [1.165, 1.54) is 89.9 Å². The molecule has 0 spiro atoms. The van der Waals surface area contributed by atoms with Gasteiger partial charge in [-0.2, -0.15) is 0 Å². The first-order valence-electron chi connectivity index (χ1n) is 14.6. The molecule has 0 aliphatic rings. The van der Waals surface area contributed by atoms with Crippen molar-refractivity contribution in [1.82, 2.24) is 0 Å². The Labute approximate surface area is 223 Å². The molecule has 6 nitrogen and oxygen atoms in total. The molecule has 3 N–H and O–H groups in total. The van der Waals surface area contributed by atoms with Crippen molar-refractivity contribution in [2.45, 2.75) is 136 Å². The van der Waals surface area contributed by atoms with Crippen molar-refractivity contribution in [3.8, 4) is 0 Å². The third-order valence-corrected chi connectivity index (χ3v) is 7.07. The molecular formula is C28H60ClNO5. The van der Waals surface area contributed by atoms with Crippen LogP contribution in [-0.2, 0) is 9.47 Å². The standard InChI is InChI=1S/C28H60NO5.ClH/c1-4-7-8-9-10-11-12-13-14-15-16-17-18-19-20-21-22-29(23-24-30,27(31)25-33-5-2)28(32)26-34-6-3;/h27-28,30-32H,4-26H2,1-3H3;1H/q+1;/p-1. The molecule has 0 rings (SSSR count). The largest absolute Gasteiger partial charge is 1.00 e. The van der Waals surface area contributed by atoms with Gasteiger partial charge in [-0.3, -0.25) is 4.48 Å². The third kappa shape index (κ3) is 18.9. The SMILES string of the molecule is CCCCCCCCCCCCCCCCCC[N+](CCO)(C(O)COCC)C(O)COCC.[Cl-]. The molecule has 214 valence electrons. The number of nitrogens with zero attached hydrogens (tertiary/aromatic N) is 1. The van der Waals surface area contributed by atoms with E-state index >= 15 is 0 Å². The highest BCUT2D eigenvalue weighted by Gasteiger charge is 2.42. The zero-order valence-electron chi connectivity index (χ0n) is 23.4. The molecule has 0 heterocycles. The molecule has 0 amide bonds. The van der Waals surface area contributed by atoms with Crippen LogP contribution in [0, 0.1) is 0 Å². The second-order valence-electron chi connectivity index (χ2n) is 9.86. The molecule has 0 aromatic carbocycles. The lowest BCUT2D eigenvalue weighted by Crippen LogP contribution is -3.00. The van der Waals surface area contributed by atoms with Crippen LogP contribution < -0.4 is 12.4 Å². The van der Waals surface area contributed by atoms with Crippen LogP contribution in [0.4, 0.5) is 0 Å². The lowest BCUT2D eigenvalue weighted by molar-refractivity contribution is -1.01. The van der Waals surface area contributed by atoms with Gasteiger partial charge < -0.3 is 37.2 Å². The first-order chi connectivity index (χ1) is 16.6. The van der Waals surface area contributed by atoms with Crippen molar-refractivity contribution in [3.05, 3.63) is 0 Å². The fourth-order valence-corrected chi connectivity index (χ4v) is 4.79. The van der Waals surface area contributed by atoms with Crippen LogP contribution in [0.15, 0.2) is 0 Å². The van der Waals surface area contributed by atoms with Gasteiger partial charge in [0.25, 0.3) is 0 Å². The van der Waals surface area contributed by atoms with Crippen molar-refractivity contribution >= 4 is 0 Å². The van der Waals surface area contributed by atoms with E-state index in [-0.39, 0.29) is 36.7 Å². The number of hydrogen-bond donors (Lipinski definition) is 3. The summed E-state index contributed by atoms with van der Waals surface area (Å²) in [6.45, 7) is 8.19. The van der Waals surface area contributed by atoms with Crippen molar-refractivity contribution in [2.24, 2.45) is 0 Å². The number of aliphatic hydroxyl groups excluding tert-OH is 3. The minimum Gasteiger partial charge on any atom is -1.00 e. The molecule has 2 atom stereocenters. The van der Waals surface area contributed by atoms with Gasteiger partial charge in [-0.15, -0.1) is 0 Å². The second-order valence-corrected chi connectivity index (χ2v) is 9.86. The zero-order chi connectivity index (χ0) is 25.3. The van der Waals surface area contributed by atoms with Crippen molar-refractivity contribution in [3.63, 3.8) is 0 Å². The normalized spacial score (nSPS) is 14.9. The summed E-state index contributed by atoms with van der Waals surface area (Å²) in [5.41, 5.74) is 0. The lowest BCUT2D eigenvalue weighted by atomic mass is 10.0. The molecule has 0 aromatic rings. The Balaban J connectivity index is 0. The first-order valence-corrected chi connectivity index (χ1v) is 14.6. The fourth-order valence-electron chi connectivity index (χ4n) is 4.79. The van der Waals surface area contributed by atoms with E-state index in [4.69, 9.17) is 9.47 Å². The monoisotopic (exact) mass is 525 g/mol. The zero-order valence-corrected chi connectivity index (χ0v) is 24.2. The van der Waals surface area contributed by atoms with Crippen molar-refractivity contribution < 1.29 is 41.7 Å². The van der Waals surface area contributed by atoms with Gasteiger partial charge in [0.15, 0.2) is 0 Å². The molecule has 0 saturated carbocycles. The van der Waals surface area contributed by atoms with Crippen LogP contribution in [0.25, 0.3) is 0 Å². The van der Waals surface area contributed by atoms with Gasteiger partial charge in [-0.1, -0.05) is 96.8 Å². The number of quaternary nitrogens is 1. The Morgan fingerprint density at radius 2 is 0.886 bits per heavy atom. The molecule has 7 heteroatoms. The molecule has 0 fully saturated rings. The maximum atomic E-state index is 10.8. The number of unbranched alkanes of at least 4 members (excludes halogenated alkanes) is 15. The summed E-state index contributed by atoms with van der Waals surface area (Å²) in [7, 11) is 0. The van der Waals surface area contributed by atoms with Gasteiger partial charge in [0, 0.05) is 13.2 Å². The maximum absolute atomic E-state index is 10.8. The van der Waals surface area contributed by atoms with E-state index in [0.717, 1.165) is 12.8 Å². The number of aliphatic hydroxyl groups is 3. The molecule has 0 bridgehead atoms. The highest BCUT2D eigenvalue weighted by molar-refractivity contribution is 4.56. The van der Waals surface area contributed by atoms with E-state index in [1.54, 1.807) is 0 Å². The average Bonchev–Trinajstić information content (AvgIpc) is 2.84. The number of hydrogen-bond acceptors (Lipinski definition) is 5. The van der Waals surface area contributed by atoms with Crippen LogP contribution in [-0.4, -0.2) is 78.4 Å². The van der Waals surface area contributed by atoms with E-state index in [1.807, 2.05) is 13.8 Å². The van der Waals surface area contributed by atoms with Gasteiger partial charge in [0.05, 0.1) is 13.2 Å². The quantitative estimate of drug-likeness (QED) is 0.0873. The van der Waals surface area contributed by atoms with Gasteiger partial charge >= 0.3 is 0 Å². The van der Waals surface area contributed by atoms with E-state index < -0.39 is 12.5 Å². The Hall–Kier alpha value is 0.0500.